The van der Waals surface area contributed by atoms with Crippen LogP contribution in [0.2, 0.25) is 5.02 Å². The van der Waals surface area contributed by atoms with Crippen LogP contribution in [0.15, 0.2) is 42.5 Å². The number of amides is 1. The van der Waals surface area contributed by atoms with E-state index in [1.165, 1.54) is 11.1 Å². The van der Waals surface area contributed by atoms with Gasteiger partial charge in [0.25, 0.3) is 5.91 Å². The van der Waals surface area contributed by atoms with Crippen molar-refractivity contribution >= 4 is 17.5 Å². The molecule has 0 aliphatic carbocycles. The molecule has 0 atom stereocenters. The largest absolute Gasteiger partial charge is 0.484 e. The molecular formula is C18H18ClNO2. The molecule has 4 heteroatoms. The number of rotatable bonds is 3. The maximum atomic E-state index is 12.3. The van der Waals surface area contributed by atoms with Gasteiger partial charge in [0.05, 0.1) is 0 Å². The van der Waals surface area contributed by atoms with Crippen molar-refractivity contribution in [3.8, 4) is 5.75 Å². The van der Waals surface area contributed by atoms with Gasteiger partial charge in [-0.3, -0.25) is 4.79 Å². The number of carbonyl (C=O) groups excluding carboxylic acids is 1. The third-order valence-electron chi connectivity index (χ3n) is 3.98. The van der Waals surface area contributed by atoms with E-state index in [1.807, 2.05) is 30.0 Å². The third kappa shape index (κ3) is 3.25. The third-order valence-corrected chi connectivity index (χ3v) is 4.40. The first-order chi connectivity index (χ1) is 10.6. The minimum atomic E-state index is 0.0158. The second kappa shape index (κ2) is 6.41. The minimum Gasteiger partial charge on any atom is -0.484 e. The van der Waals surface area contributed by atoms with E-state index in [4.69, 9.17) is 16.3 Å². The van der Waals surface area contributed by atoms with Gasteiger partial charge in [0.1, 0.15) is 5.75 Å². The Hall–Kier alpha value is -2.00. The molecule has 1 aliphatic rings. The average Bonchev–Trinajstić information content (AvgIpc) is 2.55. The summed E-state index contributed by atoms with van der Waals surface area (Å²) in [5.74, 6) is 0.690. The number of ether oxygens (including phenoxy) is 1. The molecule has 3 rings (SSSR count). The summed E-state index contributed by atoms with van der Waals surface area (Å²) in [7, 11) is 0. The van der Waals surface area contributed by atoms with Crippen LogP contribution in [0.3, 0.4) is 0 Å². The molecule has 0 spiro atoms. The first-order valence-corrected chi connectivity index (χ1v) is 7.75. The van der Waals surface area contributed by atoms with Gasteiger partial charge in [-0.15, -0.1) is 0 Å². The van der Waals surface area contributed by atoms with Crippen molar-refractivity contribution in [1.82, 2.24) is 4.90 Å². The molecule has 0 N–H and O–H groups in total. The monoisotopic (exact) mass is 315 g/mol. The summed E-state index contributed by atoms with van der Waals surface area (Å²) in [5.41, 5.74) is 3.50. The van der Waals surface area contributed by atoms with Gasteiger partial charge >= 0.3 is 0 Å². The van der Waals surface area contributed by atoms with E-state index in [1.54, 1.807) is 12.1 Å². The van der Waals surface area contributed by atoms with Crippen LogP contribution >= 0.6 is 11.6 Å². The highest BCUT2D eigenvalue weighted by atomic mass is 35.5. The highest BCUT2D eigenvalue weighted by Gasteiger charge is 2.20. The molecule has 0 bridgehead atoms. The zero-order chi connectivity index (χ0) is 15.5. The number of hydrogen-bond acceptors (Lipinski definition) is 2. The zero-order valence-electron chi connectivity index (χ0n) is 12.5. The van der Waals surface area contributed by atoms with Crippen LogP contribution < -0.4 is 4.74 Å². The molecule has 0 saturated heterocycles. The first kappa shape index (κ1) is 14.9. The van der Waals surface area contributed by atoms with Gasteiger partial charge in [0.2, 0.25) is 0 Å². The molecule has 1 aliphatic heterocycles. The molecule has 0 saturated carbocycles. The minimum absolute atomic E-state index is 0.0158. The number of nitrogens with zero attached hydrogens (tertiary/aromatic N) is 1. The van der Waals surface area contributed by atoms with E-state index in [0.29, 0.717) is 17.3 Å². The molecular weight excluding hydrogens is 298 g/mol. The molecule has 0 aromatic heterocycles. The van der Waals surface area contributed by atoms with Gasteiger partial charge < -0.3 is 9.64 Å². The maximum Gasteiger partial charge on any atom is 0.260 e. The van der Waals surface area contributed by atoms with Gasteiger partial charge in [-0.25, -0.2) is 0 Å². The predicted octanol–water partition coefficient (Wildman–Crippen LogP) is 3.61. The van der Waals surface area contributed by atoms with Crippen LogP contribution in [0, 0.1) is 6.92 Å². The van der Waals surface area contributed by atoms with Crippen molar-refractivity contribution in [2.45, 2.75) is 19.9 Å². The molecule has 0 unspecified atom stereocenters. The van der Waals surface area contributed by atoms with Crippen LogP contribution in [0.1, 0.15) is 16.7 Å². The van der Waals surface area contributed by atoms with E-state index in [-0.39, 0.29) is 12.5 Å². The lowest BCUT2D eigenvalue weighted by molar-refractivity contribution is -0.134. The molecule has 2 aromatic rings. The number of carbonyl (C=O) groups is 1. The molecule has 0 radical (unpaired) electrons. The molecule has 2 aromatic carbocycles. The van der Waals surface area contributed by atoms with E-state index < -0.39 is 0 Å². The van der Waals surface area contributed by atoms with E-state index in [2.05, 4.69) is 12.1 Å². The van der Waals surface area contributed by atoms with Crippen LogP contribution in [0.4, 0.5) is 0 Å². The van der Waals surface area contributed by atoms with Gasteiger partial charge in [-0.2, -0.15) is 0 Å². The van der Waals surface area contributed by atoms with Gasteiger partial charge in [0.15, 0.2) is 6.61 Å². The number of aryl methyl sites for hydroxylation is 1. The fourth-order valence-corrected chi connectivity index (χ4v) is 2.77. The number of benzene rings is 2. The molecule has 1 heterocycles. The Morgan fingerprint density at radius 3 is 2.77 bits per heavy atom. The Labute approximate surface area is 135 Å². The van der Waals surface area contributed by atoms with Gasteiger partial charge in [-0.1, -0.05) is 35.9 Å². The summed E-state index contributed by atoms with van der Waals surface area (Å²) in [6, 6.07) is 13.7. The highest BCUT2D eigenvalue weighted by Crippen LogP contribution is 2.22. The summed E-state index contributed by atoms with van der Waals surface area (Å²) >= 11 is 5.98. The molecule has 0 fully saturated rings. The average molecular weight is 316 g/mol. The van der Waals surface area contributed by atoms with Crippen LogP contribution in [-0.4, -0.2) is 24.0 Å². The smallest absolute Gasteiger partial charge is 0.260 e. The van der Waals surface area contributed by atoms with Crippen molar-refractivity contribution in [3.63, 3.8) is 0 Å². The topological polar surface area (TPSA) is 29.5 Å². The Bertz CT molecular complexity index is 699. The van der Waals surface area contributed by atoms with Crippen LogP contribution in [0.5, 0.6) is 5.75 Å². The van der Waals surface area contributed by atoms with Crippen molar-refractivity contribution in [1.29, 1.82) is 0 Å². The molecule has 1 amide bonds. The van der Waals surface area contributed by atoms with Crippen molar-refractivity contribution < 1.29 is 9.53 Å². The Morgan fingerprint density at radius 1 is 1.23 bits per heavy atom. The van der Waals surface area contributed by atoms with Crippen LogP contribution in [-0.2, 0) is 17.8 Å². The second-order valence-electron chi connectivity index (χ2n) is 5.53. The van der Waals surface area contributed by atoms with E-state index in [9.17, 15) is 4.79 Å². The second-order valence-corrected chi connectivity index (χ2v) is 5.94. The van der Waals surface area contributed by atoms with E-state index in [0.717, 1.165) is 18.5 Å². The lowest BCUT2D eigenvalue weighted by atomic mass is 10.00. The van der Waals surface area contributed by atoms with Gasteiger partial charge in [-0.05, 0) is 48.2 Å². The van der Waals surface area contributed by atoms with Crippen molar-refractivity contribution in [3.05, 3.63) is 64.2 Å². The maximum absolute atomic E-state index is 12.3. The Balaban J connectivity index is 1.60. The number of fused-ring (bicyclic) bond motifs is 1. The Morgan fingerprint density at radius 2 is 2.00 bits per heavy atom. The normalized spacial score (nSPS) is 13.6. The van der Waals surface area contributed by atoms with Crippen molar-refractivity contribution in [2.75, 3.05) is 13.2 Å². The zero-order valence-corrected chi connectivity index (χ0v) is 13.3. The summed E-state index contributed by atoms with van der Waals surface area (Å²) < 4.78 is 5.59. The summed E-state index contributed by atoms with van der Waals surface area (Å²) in [5, 5.41) is 0.700. The predicted molar refractivity (Wildman–Crippen MR) is 87.2 cm³/mol. The summed E-state index contributed by atoms with van der Waals surface area (Å²) in [6.07, 6.45) is 0.905. The molecule has 3 nitrogen and oxygen atoms in total. The van der Waals surface area contributed by atoms with E-state index >= 15 is 0 Å². The van der Waals surface area contributed by atoms with Crippen molar-refractivity contribution in [2.24, 2.45) is 0 Å². The van der Waals surface area contributed by atoms with Gasteiger partial charge in [0, 0.05) is 18.1 Å². The van der Waals surface area contributed by atoms with Crippen LogP contribution in [0.25, 0.3) is 0 Å². The highest BCUT2D eigenvalue weighted by molar-refractivity contribution is 6.31. The lowest BCUT2D eigenvalue weighted by Gasteiger charge is -2.28. The SMILES string of the molecule is Cc1cc(OCC(=O)N2CCc3ccccc3C2)ccc1Cl. The Kier molecular flexibility index (Phi) is 4.34. The molecule has 22 heavy (non-hydrogen) atoms. The fraction of sp³-hybridized carbons (Fsp3) is 0.278. The number of halogens is 1. The quantitative estimate of drug-likeness (QED) is 0.866. The fourth-order valence-electron chi connectivity index (χ4n) is 2.65. The standard InChI is InChI=1S/C18H18ClNO2/c1-13-10-16(6-7-17(13)19)22-12-18(21)20-9-8-14-4-2-3-5-15(14)11-20/h2-7,10H,8-9,11-12H2,1H3. The lowest BCUT2D eigenvalue weighted by Crippen LogP contribution is -2.38. The summed E-state index contributed by atoms with van der Waals surface area (Å²) in [6.45, 7) is 3.39. The molecule has 114 valence electrons. The number of hydrogen-bond donors (Lipinski definition) is 0. The first-order valence-electron chi connectivity index (χ1n) is 7.37. The summed E-state index contributed by atoms with van der Waals surface area (Å²) in [4.78, 5) is 14.2.